The smallest absolute Gasteiger partial charge is 0.238 e. The number of benzene rings is 2. The number of hydrogen-bond donors (Lipinski definition) is 1. The molecule has 4 nitrogen and oxygen atoms in total. The molecule has 0 saturated carbocycles. The SMILES string of the molecule is COc1ccc(-c2c(-c3ccc(S(N)(=O)=O)cc3)csc2Br)cc1. The molecule has 0 amide bonds. The van der Waals surface area contributed by atoms with Gasteiger partial charge in [-0.05, 0) is 51.3 Å². The third kappa shape index (κ3) is 3.39. The van der Waals surface area contributed by atoms with Gasteiger partial charge in [0.05, 0.1) is 15.8 Å². The molecule has 0 bridgehead atoms. The number of nitrogens with two attached hydrogens (primary N) is 1. The Kier molecular flexibility index (Phi) is 4.78. The van der Waals surface area contributed by atoms with Crippen molar-refractivity contribution >= 4 is 37.3 Å². The van der Waals surface area contributed by atoms with Gasteiger partial charge in [-0.3, -0.25) is 0 Å². The first-order valence-electron chi connectivity index (χ1n) is 6.95. The van der Waals surface area contributed by atoms with Crippen LogP contribution in [0.3, 0.4) is 0 Å². The molecule has 3 aromatic rings. The van der Waals surface area contributed by atoms with Crippen LogP contribution in [0.1, 0.15) is 0 Å². The highest BCUT2D eigenvalue weighted by molar-refractivity contribution is 9.11. The highest BCUT2D eigenvalue weighted by Gasteiger charge is 2.15. The van der Waals surface area contributed by atoms with E-state index in [9.17, 15) is 8.42 Å². The second kappa shape index (κ2) is 6.68. The monoisotopic (exact) mass is 423 g/mol. The molecule has 7 heteroatoms. The fourth-order valence-electron chi connectivity index (χ4n) is 2.40. The molecule has 24 heavy (non-hydrogen) atoms. The van der Waals surface area contributed by atoms with Gasteiger partial charge in [0, 0.05) is 16.5 Å². The highest BCUT2D eigenvalue weighted by atomic mass is 79.9. The van der Waals surface area contributed by atoms with Crippen LogP contribution in [-0.4, -0.2) is 15.5 Å². The third-order valence-electron chi connectivity index (χ3n) is 3.62. The van der Waals surface area contributed by atoms with Gasteiger partial charge in [0.2, 0.25) is 10.0 Å². The first kappa shape index (κ1) is 17.2. The number of ether oxygens (including phenoxy) is 1. The van der Waals surface area contributed by atoms with Gasteiger partial charge in [-0.1, -0.05) is 24.3 Å². The Morgan fingerprint density at radius 2 is 1.58 bits per heavy atom. The third-order valence-corrected chi connectivity index (χ3v) is 6.27. The van der Waals surface area contributed by atoms with Crippen LogP contribution in [0, 0.1) is 0 Å². The van der Waals surface area contributed by atoms with E-state index in [1.54, 1.807) is 30.6 Å². The van der Waals surface area contributed by atoms with Crippen molar-refractivity contribution < 1.29 is 13.2 Å². The van der Waals surface area contributed by atoms with Crippen LogP contribution in [0.25, 0.3) is 22.3 Å². The Morgan fingerprint density at radius 1 is 1.00 bits per heavy atom. The minimum atomic E-state index is -3.69. The molecule has 0 atom stereocenters. The lowest BCUT2D eigenvalue weighted by atomic mass is 9.99. The van der Waals surface area contributed by atoms with Gasteiger partial charge < -0.3 is 4.74 Å². The molecule has 1 aromatic heterocycles. The van der Waals surface area contributed by atoms with Crippen LogP contribution in [0.4, 0.5) is 0 Å². The summed E-state index contributed by atoms with van der Waals surface area (Å²) in [4.78, 5) is 0.103. The first-order chi connectivity index (χ1) is 11.4. The van der Waals surface area contributed by atoms with Gasteiger partial charge in [-0.15, -0.1) is 11.3 Å². The molecule has 0 fully saturated rings. The zero-order valence-electron chi connectivity index (χ0n) is 12.7. The minimum absolute atomic E-state index is 0.103. The lowest BCUT2D eigenvalue weighted by molar-refractivity contribution is 0.415. The Labute approximate surface area is 153 Å². The molecular weight excluding hydrogens is 410 g/mol. The van der Waals surface area contributed by atoms with Crippen LogP contribution in [0.5, 0.6) is 5.75 Å². The Morgan fingerprint density at radius 3 is 2.12 bits per heavy atom. The maximum atomic E-state index is 11.4. The molecular formula is C17H14BrNO3S2. The molecule has 1 heterocycles. The standard InChI is InChI=1S/C17H14BrNO3S2/c1-22-13-6-2-12(3-7-13)16-15(10-23-17(16)18)11-4-8-14(9-5-11)24(19,20)21/h2-10H,1H3,(H2,19,20,21). The zero-order valence-corrected chi connectivity index (χ0v) is 15.9. The number of primary sulfonamides is 1. The van der Waals surface area contributed by atoms with Crippen molar-refractivity contribution in [1.29, 1.82) is 0 Å². The molecule has 0 unspecified atom stereocenters. The van der Waals surface area contributed by atoms with Crippen molar-refractivity contribution in [3.8, 4) is 28.0 Å². The molecule has 0 aliphatic heterocycles. The van der Waals surface area contributed by atoms with E-state index in [0.717, 1.165) is 31.8 Å². The Balaban J connectivity index is 2.06. The summed E-state index contributed by atoms with van der Waals surface area (Å²) in [5.74, 6) is 0.796. The molecule has 0 radical (unpaired) electrons. The molecule has 124 valence electrons. The van der Waals surface area contributed by atoms with E-state index in [4.69, 9.17) is 9.88 Å². The van der Waals surface area contributed by atoms with Gasteiger partial charge in [0.15, 0.2) is 0 Å². The summed E-state index contributed by atoms with van der Waals surface area (Å²) in [7, 11) is -2.05. The number of hydrogen-bond acceptors (Lipinski definition) is 4. The van der Waals surface area contributed by atoms with Gasteiger partial charge >= 0.3 is 0 Å². The summed E-state index contributed by atoms with van der Waals surface area (Å²) in [6.45, 7) is 0. The van der Waals surface area contributed by atoms with Gasteiger partial charge in [0.25, 0.3) is 0 Å². The summed E-state index contributed by atoms with van der Waals surface area (Å²) in [6, 6.07) is 14.4. The Hall–Kier alpha value is -1.67. The normalized spacial score (nSPS) is 11.5. The van der Waals surface area contributed by atoms with E-state index < -0.39 is 10.0 Å². The van der Waals surface area contributed by atoms with Crippen LogP contribution >= 0.6 is 27.3 Å². The lowest BCUT2D eigenvalue weighted by Gasteiger charge is -2.08. The molecule has 0 spiro atoms. The van der Waals surface area contributed by atoms with Crippen molar-refractivity contribution in [2.45, 2.75) is 4.90 Å². The van der Waals surface area contributed by atoms with Gasteiger partial charge in [-0.2, -0.15) is 0 Å². The fraction of sp³-hybridized carbons (Fsp3) is 0.0588. The number of sulfonamides is 1. The van der Waals surface area contributed by atoms with E-state index >= 15 is 0 Å². The van der Waals surface area contributed by atoms with E-state index in [2.05, 4.69) is 15.9 Å². The first-order valence-corrected chi connectivity index (χ1v) is 10.2. The van der Waals surface area contributed by atoms with Crippen LogP contribution in [0.2, 0.25) is 0 Å². The van der Waals surface area contributed by atoms with Gasteiger partial charge in [-0.25, -0.2) is 13.6 Å². The van der Waals surface area contributed by atoms with Crippen molar-refractivity contribution in [3.63, 3.8) is 0 Å². The zero-order chi connectivity index (χ0) is 17.3. The molecule has 2 N–H and O–H groups in total. The molecule has 2 aromatic carbocycles. The van der Waals surface area contributed by atoms with E-state index in [1.807, 2.05) is 29.6 Å². The predicted molar refractivity (Wildman–Crippen MR) is 101 cm³/mol. The summed E-state index contributed by atoms with van der Waals surface area (Å²) < 4.78 is 29.0. The summed E-state index contributed by atoms with van der Waals surface area (Å²) >= 11 is 5.19. The van der Waals surface area contributed by atoms with Crippen molar-refractivity contribution in [2.24, 2.45) is 5.14 Å². The summed E-state index contributed by atoms with van der Waals surface area (Å²) in [5, 5.41) is 7.19. The van der Waals surface area contributed by atoms with Crippen LogP contribution < -0.4 is 9.88 Å². The molecule has 0 aliphatic rings. The largest absolute Gasteiger partial charge is 0.497 e. The number of halogens is 1. The maximum Gasteiger partial charge on any atom is 0.238 e. The quantitative estimate of drug-likeness (QED) is 0.671. The highest BCUT2D eigenvalue weighted by Crippen LogP contribution is 2.42. The second-order valence-corrected chi connectivity index (χ2v) is 8.85. The van der Waals surface area contributed by atoms with Crippen LogP contribution in [-0.2, 0) is 10.0 Å². The van der Waals surface area contributed by atoms with Crippen molar-refractivity contribution in [2.75, 3.05) is 7.11 Å². The Bertz CT molecular complexity index is 962. The van der Waals surface area contributed by atoms with Crippen molar-refractivity contribution in [1.82, 2.24) is 0 Å². The number of rotatable bonds is 4. The summed E-state index contributed by atoms with van der Waals surface area (Å²) in [6.07, 6.45) is 0. The minimum Gasteiger partial charge on any atom is -0.497 e. The fourth-order valence-corrected chi connectivity index (χ4v) is 4.46. The summed E-state index contributed by atoms with van der Waals surface area (Å²) in [5.41, 5.74) is 4.06. The topological polar surface area (TPSA) is 69.4 Å². The van der Waals surface area contributed by atoms with E-state index in [-0.39, 0.29) is 4.90 Å². The molecule has 0 saturated heterocycles. The molecule has 0 aliphatic carbocycles. The van der Waals surface area contributed by atoms with Gasteiger partial charge in [0.1, 0.15) is 5.75 Å². The number of thiophene rings is 1. The lowest BCUT2D eigenvalue weighted by Crippen LogP contribution is -2.11. The number of methoxy groups -OCH3 is 1. The van der Waals surface area contributed by atoms with E-state index in [0.29, 0.717) is 0 Å². The second-order valence-electron chi connectivity index (χ2n) is 5.10. The van der Waals surface area contributed by atoms with Crippen molar-refractivity contribution in [3.05, 3.63) is 57.7 Å². The van der Waals surface area contributed by atoms with E-state index in [1.165, 1.54) is 12.1 Å². The average molecular weight is 424 g/mol. The average Bonchev–Trinajstić information content (AvgIpc) is 2.96. The predicted octanol–water partition coefficient (Wildman–Crippen LogP) is 4.50. The van der Waals surface area contributed by atoms with Crippen LogP contribution in [0.15, 0.2) is 62.6 Å². The molecule has 3 rings (SSSR count). The maximum absolute atomic E-state index is 11.4.